The molecular weight excluding hydrogens is 222 g/mol. The van der Waals surface area contributed by atoms with Gasteiger partial charge in [0.25, 0.3) is 5.91 Å². The molecule has 5 heteroatoms. The van der Waals surface area contributed by atoms with E-state index in [0.29, 0.717) is 17.4 Å². The van der Waals surface area contributed by atoms with E-state index in [2.05, 4.69) is 4.98 Å². The Bertz CT molecular complexity index is 373. The molecule has 0 bridgehead atoms. The average molecular weight is 237 g/mol. The van der Waals surface area contributed by atoms with Crippen LogP contribution in [0.4, 0.5) is 5.69 Å². The monoisotopic (exact) mass is 237 g/mol. The molecule has 0 aromatic carbocycles. The van der Waals surface area contributed by atoms with E-state index in [9.17, 15) is 4.79 Å². The van der Waals surface area contributed by atoms with Gasteiger partial charge in [0.05, 0.1) is 11.9 Å². The lowest BCUT2D eigenvalue weighted by Crippen LogP contribution is -2.37. The number of amides is 1. The molecule has 1 aliphatic heterocycles. The molecule has 2 rings (SSSR count). The molecule has 0 aliphatic carbocycles. The maximum Gasteiger partial charge on any atom is 0.272 e. The Morgan fingerprint density at radius 3 is 3.00 bits per heavy atom. The predicted octanol–water partition coefficient (Wildman–Crippen LogP) is 1.24. The van der Waals surface area contributed by atoms with Gasteiger partial charge in [-0.3, -0.25) is 4.79 Å². The Balaban J connectivity index is 2.08. The summed E-state index contributed by atoms with van der Waals surface area (Å²) in [7, 11) is 1.84. The summed E-state index contributed by atoms with van der Waals surface area (Å²) < 4.78 is 0. The van der Waals surface area contributed by atoms with Crippen molar-refractivity contribution in [3.8, 4) is 0 Å². The van der Waals surface area contributed by atoms with Gasteiger partial charge in [0, 0.05) is 18.8 Å². The number of rotatable bonds is 2. The van der Waals surface area contributed by atoms with Crippen LogP contribution in [0.15, 0.2) is 18.3 Å². The number of nitrogens with zero attached hydrogens (tertiary/aromatic N) is 2. The van der Waals surface area contributed by atoms with Crippen LogP contribution >= 0.6 is 11.8 Å². The van der Waals surface area contributed by atoms with Crippen LogP contribution in [0.25, 0.3) is 0 Å². The Morgan fingerprint density at radius 2 is 2.44 bits per heavy atom. The van der Waals surface area contributed by atoms with Crippen LogP contribution < -0.4 is 5.73 Å². The van der Waals surface area contributed by atoms with Crippen LogP contribution in [0, 0.1) is 0 Å². The molecule has 0 radical (unpaired) electrons. The van der Waals surface area contributed by atoms with Crippen molar-refractivity contribution in [3.63, 3.8) is 0 Å². The summed E-state index contributed by atoms with van der Waals surface area (Å²) in [4.78, 5) is 17.9. The molecule has 4 nitrogen and oxygen atoms in total. The van der Waals surface area contributed by atoms with Gasteiger partial charge in [-0.15, -0.1) is 0 Å². The Hall–Kier alpha value is -1.23. The maximum absolute atomic E-state index is 12.1. The Kier molecular flexibility index (Phi) is 3.33. The summed E-state index contributed by atoms with van der Waals surface area (Å²) >= 11 is 1.89. The number of aromatic nitrogens is 1. The number of anilines is 1. The van der Waals surface area contributed by atoms with E-state index in [0.717, 1.165) is 17.9 Å². The van der Waals surface area contributed by atoms with Crippen LogP contribution in [-0.2, 0) is 0 Å². The van der Waals surface area contributed by atoms with Crippen molar-refractivity contribution in [1.82, 2.24) is 9.88 Å². The van der Waals surface area contributed by atoms with Crippen molar-refractivity contribution < 1.29 is 4.79 Å². The number of nitrogen functional groups attached to an aromatic ring is 1. The fourth-order valence-electron chi connectivity index (χ4n) is 1.71. The molecule has 1 aromatic rings. The smallest absolute Gasteiger partial charge is 0.272 e. The molecule has 1 saturated heterocycles. The third kappa shape index (κ3) is 2.29. The third-order valence-corrected chi connectivity index (χ3v) is 3.92. The summed E-state index contributed by atoms with van der Waals surface area (Å²) in [5, 5.41) is 0. The topological polar surface area (TPSA) is 59.2 Å². The van der Waals surface area contributed by atoms with Gasteiger partial charge in [0.15, 0.2) is 0 Å². The minimum atomic E-state index is -0.0208. The molecule has 2 heterocycles. The van der Waals surface area contributed by atoms with Crippen LogP contribution in [-0.4, -0.2) is 40.4 Å². The van der Waals surface area contributed by atoms with Gasteiger partial charge in [-0.2, -0.15) is 11.8 Å². The summed E-state index contributed by atoms with van der Waals surface area (Å²) in [6, 6.07) is 3.73. The number of carbonyl (C=O) groups is 1. The first-order valence-electron chi connectivity index (χ1n) is 5.25. The second-order valence-electron chi connectivity index (χ2n) is 3.91. The summed E-state index contributed by atoms with van der Waals surface area (Å²) in [6.45, 7) is 0. The Morgan fingerprint density at radius 1 is 1.62 bits per heavy atom. The van der Waals surface area contributed by atoms with Crippen molar-refractivity contribution in [2.75, 3.05) is 24.3 Å². The SMILES string of the molecule is CN(C(=O)c1ccc(N)cn1)C1CCSC1. The van der Waals surface area contributed by atoms with Gasteiger partial charge in [0.2, 0.25) is 0 Å². The fourth-order valence-corrected chi connectivity index (χ4v) is 2.97. The first-order chi connectivity index (χ1) is 7.68. The van der Waals surface area contributed by atoms with Crippen molar-refractivity contribution in [3.05, 3.63) is 24.0 Å². The number of hydrogen-bond donors (Lipinski definition) is 1. The van der Waals surface area contributed by atoms with E-state index in [-0.39, 0.29) is 5.91 Å². The molecule has 0 saturated carbocycles. The highest BCUT2D eigenvalue weighted by Gasteiger charge is 2.25. The summed E-state index contributed by atoms with van der Waals surface area (Å²) in [5.41, 5.74) is 6.58. The number of thioether (sulfide) groups is 1. The second-order valence-corrected chi connectivity index (χ2v) is 5.06. The fraction of sp³-hybridized carbons (Fsp3) is 0.455. The quantitative estimate of drug-likeness (QED) is 0.840. The molecule has 1 fully saturated rings. The van der Waals surface area contributed by atoms with E-state index >= 15 is 0 Å². The molecule has 16 heavy (non-hydrogen) atoms. The molecule has 86 valence electrons. The molecule has 1 aliphatic rings. The number of carbonyl (C=O) groups excluding carboxylic acids is 1. The molecule has 1 amide bonds. The first-order valence-corrected chi connectivity index (χ1v) is 6.40. The average Bonchev–Trinajstić information content (AvgIpc) is 2.81. The minimum absolute atomic E-state index is 0.0208. The molecule has 0 spiro atoms. The van der Waals surface area contributed by atoms with Crippen molar-refractivity contribution in [1.29, 1.82) is 0 Å². The highest BCUT2D eigenvalue weighted by atomic mass is 32.2. The standard InChI is InChI=1S/C11H15N3OS/c1-14(9-4-5-16-7-9)11(15)10-3-2-8(12)6-13-10/h2-3,6,9H,4-5,7,12H2,1H3. The van der Waals surface area contributed by atoms with Gasteiger partial charge in [-0.1, -0.05) is 0 Å². The zero-order chi connectivity index (χ0) is 11.5. The van der Waals surface area contributed by atoms with E-state index in [1.54, 1.807) is 17.0 Å². The van der Waals surface area contributed by atoms with E-state index in [1.807, 2.05) is 18.8 Å². The molecule has 1 aromatic heterocycles. The second kappa shape index (κ2) is 4.74. The molecular formula is C11H15N3OS. The lowest BCUT2D eigenvalue weighted by Gasteiger charge is -2.23. The third-order valence-electron chi connectivity index (χ3n) is 2.78. The molecule has 1 unspecified atom stereocenters. The number of hydrogen-bond acceptors (Lipinski definition) is 4. The lowest BCUT2D eigenvalue weighted by molar-refractivity contribution is 0.0742. The largest absolute Gasteiger partial charge is 0.397 e. The highest BCUT2D eigenvalue weighted by molar-refractivity contribution is 7.99. The van der Waals surface area contributed by atoms with Gasteiger partial charge < -0.3 is 10.6 Å². The van der Waals surface area contributed by atoms with Crippen molar-refractivity contribution in [2.45, 2.75) is 12.5 Å². The first kappa shape index (κ1) is 11.3. The van der Waals surface area contributed by atoms with Crippen LogP contribution in [0.2, 0.25) is 0 Å². The summed E-state index contributed by atoms with van der Waals surface area (Å²) in [5.74, 6) is 2.14. The van der Waals surface area contributed by atoms with Gasteiger partial charge in [-0.25, -0.2) is 4.98 Å². The highest BCUT2D eigenvalue weighted by Crippen LogP contribution is 2.22. The molecule has 1 atom stereocenters. The lowest BCUT2D eigenvalue weighted by atomic mass is 10.2. The molecule has 2 N–H and O–H groups in total. The predicted molar refractivity (Wildman–Crippen MR) is 66.5 cm³/mol. The van der Waals surface area contributed by atoms with Crippen molar-refractivity contribution in [2.24, 2.45) is 0 Å². The maximum atomic E-state index is 12.1. The summed E-state index contributed by atoms with van der Waals surface area (Å²) in [6.07, 6.45) is 2.59. The zero-order valence-electron chi connectivity index (χ0n) is 9.22. The van der Waals surface area contributed by atoms with Crippen LogP contribution in [0.5, 0.6) is 0 Å². The van der Waals surface area contributed by atoms with Crippen LogP contribution in [0.1, 0.15) is 16.9 Å². The van der Waals surface area contributed by atoms with Crippen molar-refractivity contribution >= 4 is 23.4 Å². The van der Waals surface area contributed by atoms with Crippen LogP contribution in [0.3, 0.4) is 0 Å². The minimum Gasteiger partial charge on any atom is -0.397 e. The Labute approximate surface area is 99.2 Å². The zero-order valence-corrected chi connectivity index (χ0v) is 10.0. The number of pyridine rings is 1. The van der Waals surface area contributed by atoms with Gasteiger partial charge in [0.1, 0.15) is 5.69 Å². The van der Waals surface area contributed by atoms with Gasteiger partial charge >= 0.3 is 0 Å². The van der Waals surface area contributed by atoms with E-state index in [4.69, 9.17) is 5.73 Å². The normalized spacial score (nSPS) is 19.7. The van der Waals surface area contributed by atoms with E-state index in [1.165, 1.54) is 6.20 Å². The van der Waals surface area contributed by atoms with E-state index < -0.39 is 0 Å². The number of nitrogens with two attached hydrogens (primary N) is 1. The van der Waals surface area contributed by atoms with Gasteiger partial charge in [-0.05, 0) is 24.3 Å².